The summed E-state index contributed by atoms with van der Waals surface area (Å²) in [6.45, 7) is 6.13. The van der Waals surface area contributed by atoms with Crippen LogP contribution in [0.15, 0.2) is 22.7 Å². The molecule has 0 bridgehead atoms. The van der Waals surface area contributed by atoms with E-state index in [1.807, 2.05) is 26.8 Å². The summed E-state index contributed by atoms with van der Waals surface area (Å²) in [6.07, 6.45) is 1.16. The summed E-state index contributed by atoms with van der Waals surface area (Å²) < 4.78 is 18.3. The summed E-state index contributed by atoms with van der Waals surface area (Å²) in [7, 11) is 0. The lowest BCUT2D eigenvalue weighted by Gasteiger charge is -2.13. The highest BCUT2D eigenvalue weighted by atomic mass is 19.1. The van der Waals surface area contributed by atoms with Crippen molar-refractivity contribution in [1.82, 2.24) is 4.98 Å². The van der Waals surface area contributed by atoms with Crippen molar-refractivity contribution in [3.8, 4) is 0 Å². The van der Waals surface area contributed by atoms with Crippen molar-refractivity contribution in [2.45, 2.75) is 26.2 Å². The van der Waals surface area contributed by atoms with E-state index < -0.39 is 0 Å². The Labute approximate surface area is 81.8 Å². The summed E-state index contributed by atoms with van der Waals surface area (Å²) in [5.41, 5.74) is 0.424. The summed E-state index contributed by atoms with van der Waals surface area (Å²) in [6, 6.07) is 3.27. The van der Waals surface area contributed by atoms with Crippen LogP contribution in [-0.2, 0) is 5.41 Å². The van der Waals surface area contributed by atoms with Gasteiger partial charge in [-0.15, -0.1) is 0 Å². The van der Waals surface area contributed by atoms with Gasteiger partial charge in [0.05, 0.1) is 6.20 Å². The number of fused-ring (bicyclic) bond motifs is 1. The molecule has 3 heteroatoms. The van der Waals surface area contributed by atoms with Crippen LogP contribution >= 0.6 is 0 Å². The predicted molar refractivity (Wildman–Crippen MR) is 52.7 cm³/mol. The smallest absolute Gasteiger partial charge is 0.226 e. The number of furan rings is 1. The van der Waals surface area contributed by atoms with Gasteiger partial charge >= 0.3 is 0 Å². The molecule has 0 unspecified atom stereocenters. The summed E-state index contributed by atoms with van der Waals surface area (Å²) in [5, 5.41) is 0.718. The lowest BCUT2D eigenvalue weighted by molar-refractivity contribution is 0.426. The minimum atomic E-state index is -0.334. The molecule has 2 nitrogen and oxygen atoms in total. The van der Waals surface area contributed by atoms with Gasteiger partial charge in [0.15, 0.2) is 0 Å². The highest BCUT2D eigenvalue weighted by Gasteiger charge is 2.19. The number of hydrogen-bond donors (Lipinski definition) is 0. The van der Waals surface area contributed by atoms with Crippen molar-refractivity contribution in [2.75, 3.05) is 0 Å². The first-order valence-electron chi connectivity index (χ1n) is 4.52. The first-order valence-corrected chi connectivity index (χ1v) is 4.52. The van der Waals surface area contributed by atoms with Crippen LogP contribution in [0.2, 0.25) is 0 Å². The molecule has 0 fully saturated rings. The number of pyridine rings is 1. The molecule has 0 aromatic carbocycles. The maximum atomic E-state index is 12.8. The Balaban J connectivity index is 2.63. The second-order valence-corrected chi connectivity index (χ2v) is 4.41. The molecule has 0 atom stereocenters. The van der Waals surface area contributed by atoms with Gasteiger partial charge in [-0.1, -0.05) is 20.8 Å². The fourth-order valence-corrected chi connectivity index (χ4v) is 1.28. The van der Waals surface area contributed by atoms with Gasteiger partial charge in [-0.05, 0) is 12.1 Å². The quantitative estimate of drug-likeness (QED) is 0.641. The number of halogens is 1. The van der Waals surface area contributed by atoms with Crippen LogP contribution in [0.3, 0.4) is 0 Å². The molecule has 0 radical (unpaired) electrons. The van der Waals surface area contributed by atoms with Crippen molar-refractivity contribution in [3.63, 3.8) is 0 Å². The molecule has 74 valence electrons. The average Bonchev–Trinajstić information content (AvgIpc) is 2.45. The minimum Gasteiger partial charge on any atom is -0.442 e. The van der Waals surface area contributed by atoms with E-state index in [0.717, 1.165) is 17.3 Å². The SMILES string of the molecule is CC(C)(C)c1cc2cc(F)cnc2o1. The maximum Gasteiger partial charge on any atom is 0.226 e. The van der Waals surface area contributed by atoms with Crippen molar-refractivity contribution in [2.24, 2.45) is 0 Å². The highest BCUT2D eigenvalue weighted by molar-refractivity contribution is 5.74. The molecular weight excluding hydrogens is 181 g/mol. The summed E-state index contributed by atoms with van der Waals surface area (Å²) in [4.78, 5) is 3.87. The molecule has 0 aliphatic rings. The zero-order chi connectivity index (χ0) is 10.3. The van der Waals surface area contributed by atoms with Gasteiger partial charge < -0.3 is 4.42 Å². The molecule has 0 saturated heterocycles. The monoisotopic (exact) mass is 193 g/mol. The third-order valence-electron chi connectivity index (χ3n) is 2.08. The van der Waals surface area contributed by atoms with Crippen LogP contribution in [0, 0.1) is 5.82 Å². The van der Waals surface area contributed by atoms with Crippen molar-refractivity contribution in [1.29, 1.82) is 0 Å². The van der Waals surface area contributed by atoms with Gasteiger partial charge in [0.25, 0.3) is 0 Å². The van der Waals surface area contributed by atoms with Crippen molar-refractivity contribution < 1.29 is 8.81 Å². The van der Waals surface area contributed by atoms with Gasteiger partial charge in [0.1, 0.15) is 11.6 Å². The van der Waals surface area contributed by atoms with E-state index in [-0.39, 0.29) is 11.2 Å². The second kappa shape index (κ2) is 2.80. The third-order valence-corrected chi connectivity index (χ3v) is 2.08. The molecule has 0 aliphatic heterocycles. The predicted octanol–water partition coefficient (Wildman–Crippen LogP) is 3.26. The topological polar surface area (TPSA) is 26.0 Å². The Kier molecular flexibility index (Phi) is 1.84. The van der Waals surface area contributed by atoms with E-state index in [1.165, 1.54) is 6.07 Å². The number of nitrogens with zero attached hydrogens (tertiary/aromatic N) is 1. The molecule has 2 rings (SSSR count). The Morgan fingerprint density at radius 3 is 2.64 bits per heavy atom. The molecule has 0 saturated carbocycles. The number of rotatable bonds is 0. The van der Waals surface area contributed by atoms with Crippen LogP contribution in [0.4, 0.5) is 4.39 Å². The standard InChI is InChI=1S/C11H12FNO/c1-11(2,3)9-5-7-4-8(12)6-13-10(7)14-9/h4-6H,1-3H3. The van der Waals surface area contributed by atoms with Gasteiger partial charge in [0, 0.05) is 10.8 Å². The van der Waals surface area contributed by atoms with Gasteiger partial charge in [0.2, 0.25) is 5.71 Å². The van der Waals surface area contributed by atoms with E-state index in [2.05, 4.69) is 4.98 Å². The first kappa shape index (κ1) is 9.19. The lowest BCUT2D eigenvalue weighted by Crippen LogP contribution is -2.08. The van der Waals surface area contributed by atoms with E-state index in [9.17, 15) is 4.39 Å². The fourth-order valence-electron chi connectivity index (χ4n) is 1.28. The van der Waals surface area contributed by atoms with E-state index in [0.29, 0.717) is 5.71 Å². The van der Waals surface area contributed by atoms with Crippen LogP contribution in [0.5, 0.6) is 0 Å². The van der Waals surface area contributed by atoms with Crippen molar-refractivity contribution >= 4 is 11.1 Å². The van der Waals surface area contributed by atoms with Gasteiger partial charge in [-0.2, -0.15) is 0 Å². The Hall–Kier alpha value is -1.38. The molecule has 2 aromatic rings. The van der Waals surface area contributed by atoms with E-state index in [4.69, 9.17) is 4.42 Å². The Bertz CT molecular complexity index is 468. The van der Waals surface area contributed by atoms with Gasteiger partial charge in [-0.25, -0.2) is 9.37 Å². The van der Waals surface area contributed by atoms with Crippen molar-refractivity contribution in [3.05, 3.63) is 29.9 Å². The lowest BCUT2D eigenvalue weighted by atomic mass is 9.93. The Morgan fingerprint density at radius 1 is 1.29 bits per heavy atom. The number of hydrogen-bond acceptors (Lipinski definition) is 2. The van der Waals surface area contributed by atoms with Gasteiger partial charge in [-0.3, -0.25) is 0 Å². The summed E-state index contributed by atoms with van der Waals surface area (Å²) >= 11 is 0. The maximum absolute atomic E-state index is 12.8. The zero-order valence-corrected chi connectivity index (χ0v) is 8.47. The van der Waals surface area contributed by atoms with Crippen LogP contribution in [0.1, 0.15) is 26.5 Å². The molecular formula is C11H12FNO. The Morgan fingerprint density at radius 2 is 2.00 bits per heavy atom. The first-order chi connectivity index (χ1) is 6.47. The molecule has 0 aliphatic carbocycles. The van der Waals surface area contributed by atoms with Crippen LogP contribution in [0.25, 0.3) is 11.1 Å². The van der Waals surface area contributed by atoms with Crippen LogP contribution in [-0.4, -0.2) is 4.98 Å². The molecule has 2 aromatic heterocycles. The largest absolute Gasteiger partial charge is 0.442 e. The minimum absolute atomic E-state index is 0.0722. The van der Waals surface area contributed by atoms with E-state index in [1.54, 1.807) is 0 Å². The van der Waals surface area contributed by atoms with E-state index >= 15 is 0 Å². The molecule has 14 heavy (non-hydrogen) atoms. The molecule has 0 N–H and O–H groups in total. The molecule has 0 spiro atoms. The second-order valence-electron chi connectivity index (χ2n) is 4.41. The average molecular weight is 193 g/mol. The van der Waals surface area contributed by atoms with Crippen LogP contribution < -0.4 is 0 Å². The molecule has 0 amide bonds. The fraction of sp³-hybridized carbons (Fsp3) is 0.364. The number of aromatic nitrogens is 1. The zero-order valence-electron chi connectivity index (χ0n) is 8.47. The molecule has 2 heterocycles. The summed E-state index contributed by atoms with van der Waals surface area (Å²) in [5.74, 6) is 0.490. The third kappa shape index (κ3) is 1.50. The normalized spacial score (nSPS) is 12.3. The highest BCUT2D eigenvalue weighted by Crippen LogP contribution is 2.28.